The van der Waals surface area contributed by atoms with Gasteiger partial charge in [-0.25, -0.2) is 5.48 Å². The SMILES string of the molecule is CCONC(=O)c1ccc(Cl)c([N+](=O)[O-])c1. The van der Waals surface area contributed by atoms with Gasteiger partial charge in [0.1, 0.15) is 5.02 Å². The van der Waals surface area contributed by atoms with E-state index in [9.17, 15) is 14.9 Å². The van der Waals surface area contributed by atoms with Crippen LogP contribution in [0.2, 0.25) is 5.02 Å². The highest BCUT2D eigenvalue weighted by atomic mass is 35.5. The van der Waals surface area contributed by atoms with E-state index in [2.05, 4.69) is 10.3 Å². The van der Waals surface area contributed by atoms with Crippen molar-refractivity contribution in [2.75, 3.05) is 6.61 Å². The molecular weight excluding hydrogens is 236 g/mol. The number of rotatable bonds is 4. The summed E-state index contributed by atoms with van der Waals surface area (Å²) in [6.07, 6.45) is 0. The van der Waals surface area contributed by atoms with Crippen LogP contribution in [0.1, 0.15) is 17.3 Å². The molecule has 1 aromatic rings. The number of benzene rings is 1. The standard InChI is InChI=1S/C9H9ClN2O4/c1-2-16-11-9(13)6-3-4-7(10)8(5-6)12(14)15/h3-5H,2H2,1H3,(H,11,13). The normalized spacial score (nSPS) is 9.88. The molecule has 0 heterocycles. The molecule has 0 bridgehead atoms. The molecule has 0 radical (unpaired) electrons. The lowest BCUT2D eigenvalue weighted by molar-refractivity contribution is -0.384. The van der Waals surface area contributed by atoms with Gasteiger partial charge in [0, 0.05) is 11.6 Å². The van der Waals surface area contributed by atoms with Crippen molar-refractivity contribution in [2.24, 2.45) is 0 Å². The predicted octanol–water partition coefficient (Wildman–Crippen LogP) is 1.93. The Morgan fingerprint density at radius 2 is 2.31 bits per heavy atom. The largest absolute Gasteiger partial charge is 0.288 e. The van der Waals surface area contributed by atoms with Crippen molar-refractivity contribution < 1.29 is 14.6 Å². The second-order valence-corrected chi connectivity index (χ2v) is 3.19. The van der Waals surface area contributed by atoms with Gasteiger partial charge >= 0.3 is 0 Å². The van der Waals surface area contributed by atoms with Crippen LogP contribution in [-0.2, 0) is 4.84 Å². The van der Waals surface area contributed by atoms with E-state index in [-0.39, 0.29) is 16.3 Å². The van der Waals surface area contributed by atoms with Crippen LogP contribution in [0.4, 0.5) is 5.69 Å². The maximum Gasteiger partial charge on any atom is 0.288 e. The Labute approximate surface area is 96.3 Å². The molecule has 0 aliphatic carbocycles. The zero-order valence-electron chi connectivity index (χ0n) is 8.40. The summed E-state index contributed by atoms with van der Waals surface area (Å²) in [5.41, 5.74) is 1.93. The summed E-state index contributed by atoms with van der Waals surface area (Å²) in [6.45, 7) is 2.01. The van der Waals surface area contributed by atoms with Crippen LogP contribution < -0.4 is 5.48 Å². The molecule has 86 valence electrons. The molecule has 0 spiro atoms. The van der Waals surface area contributed by atoms with Crippen LogP contribution in [0.25, 0.3) is 0 Å². The minimum atomic E-state index is -0.653. The van der Waals surface area contributed by atoms with Crippen molar-refractivity contribution in [3.63, 3.8) is 0 Å². The third-order valence-electron chi connectivity index (χ3n) is 1.71. The summed E-state index contributed by atoms with van der Waals surface area (Å²) in [6, 6.07) is 3.76. The predicted molar refractivity (Wildman–Crippen MR) is 57.2 cm³/mol. The monoisotopic (exact) mass is 244 g/mol. The second kappa shape index (κ2) is 5.43. The molecule has 1 N–H and O–H groups in total. The summed E-state index contributed by atoms with van der Waals surface area (Å²) < 4.78 is 0. The Morgan fingerprint density at radius 1 is 1.62 bits per heavy atom. The maximum absolute atomic E-state index is 11.4. The molecule has 6 nitrogen and oxygen atoms in total. The number of hydroxylamine groups is 1. The van der Waals surface area contributed by atoms with Gasteiger partial charge in [-0.1, -0.05) is 11.6 Å². The van der Waals surface area contributed by atoms with Crippen molar-refractivity contribution in [2.45, 2.75) is 6.92 Å². The number of hydrogen-bond acceptors (Lipinski definition) is 4. The van der Waals surface area contributed by atoms with Gasteiger partial charge in [0.05, 0.1) is 11.5 Å². The lowest BCUT2D eigenvalue weighted by atomic mass is 10.2. The van der Waals surface area contributed by atoms with Crippen molar-refractivity contribution in [3.05, 3.63) is 38.9 Å². The van der Waals surface area contributed by atoms with Gasteiger partial charge in [-0.2, -0.15) is 0 Å². The Balaban J connectivity index is 2.94. The molecule has 0 atom stereocenters. The number of nitro benzene ring substituents is 1. The number of carbonyl (C=O) groups excluding carboxylic acids is 1. The van der Waals surface area contributed by atoms with Crippen LogP contribution in [0.15, 0.2) is 18.2 Å². The highest BCUT2D eigenvalue weighted by Crippen LogP contribution is 2.24. The van der Waals surface area contributed by atoms with E-state index in [1.807, 2.05) is 0 Å². The molecule has 0 aromatic heterocycles. The Hall–Kier alpha value is -1.66. The first-order valence-corrected chi connectivity index (χ1v) is 4.80. The average molecular weight is 245 g/mol. The van der Waals surface area contributed by atoms with Gasteiger partial charge in [-0.15, -0.1) is 0 Å². The summed E-state index contributed by atoms with van der Waals surface area (Å²) in [4.78, 5) is 26.0. The quantitative estimate of drug-likeness (QED) is 0.648. The molecule has 0 aliphatic heterocycles. The van der Waals surface area contributed by atoms with Crippen LogP contribution in [0.3, 0.4) is 0 Å². The number of nitrogens with zero attached hydrogens (tertiary/aromatic N) is 1. The Morgan fingerprint density at radius 3 is 2.88 bits per heavy atom. The number of nitro groups is 1. The third kappa shape index (κ3) is 2.91. The summed E-state index contributed by atoms with van der Waals surface area (Å²) in [5, 5.41) is 10.6. The third-order valence-corrected chi connectivity index (χ3v) is 2.03. The molecule has 1 amide bonds. The zero-order valence-corrected chi connectivity index (χ0v) is 9.15. The number of nitrogens with one attached hydrogen (secondary N) is 1. The summed E-state index contributed by atoms with van der Waals surface area (Å²) in [5.74, 6) is -0.554. The first kappa shape index (κ1) is 12.4. The van der Waals surface area contributed by atoms with Gasteiger partial charge in [-0.3, -0.25) is 19.7 Å². The minimum Gasteiger partial charge on any atom is -0.274 e. The molecule has 0 unspecified atom stereocenters. The Kier molecular flexibility index (Phi) is 4.21. The van der Waals surface area contributed by atoms with Gasteiger partial charge in [0.2, 0.25) is 0 Å². The number of hydrogen-bond donors (Lipinski definition) is 1. The Bertz CT molecular complexity index is 422. The molecule has 0 saturated heterocycles. The fourth-order valence-corrected chi connectivity index (χ4v) is 1.18. The zero-order chi connectivity index (χ0) is 12.1. The van der Waals surface area contributed by atoms with Crippen molar-refractivity contribution in [1.29, 1.82) is 0 Å². The first-order valence-electron chi connectivity index (χ1n) is 4.42. The van der Waals surface area contributed by atoms with Gasteiger partial charge in [0.25, 0.3) is 11.6 Å². The summed E-state index contributed by atoms with van der Waals surface area (Å²) in [7, 11) is 0. The maximum atomic E-state index is 11.4. The van der Waals surface area contributed by atoms with E-state index >= 15 is 0 Å². The highest BCUT2D eigenvalue weighted by Gasteiger charge is 2.16. The van der Waals surface area contributed by atoms with Crippen LogP contribution in [0, 0.1) is 10.1 Å². The molecule has 16 heavy (non-hydrogen) atoms. The topological polar surface area (TPSA) is 81.5 Å². The van der Waals surface area contributed by atoms with Gasteiger partial charge in [-0.05, 0) is 19.1 Å². The number of carbonyl (C=O) groups is 1. The highest BCUT2D eigenvalue weighted by molar-refractivity contribution is 6.32. The summed E-state index contributed by atoms with van der Waals surface area (Å²) >= 11 is 5.60. The van der Waals surface area contributed by atoms with Crippen molar-refractivity contribution >= 4 is 23.2 Å². The average Bonchev–Trinajstić information content (AvgIpc) is 2.26. The van der Waals surface area contributed by atoms with Gasteiger partial charge in [0.15, 0.2) is 0 Å². The molecule has 7 heteroatoms. The lowest BCUT2D eigenvalue weighted by Crippen LogP contribution is -2.23. The van der Waals surface area contributed by atoms with E-state index in [1.54, 1.807) is 6.92 Å². The van der Waals surface area contributed by atoms with Crippen LogP contribution >= 0.6 is 11.6 Å². The van der Waals surface area contributed by atoms with Gasteiger partial charge < -0.3 is 0 Å². The lowest BCUT2D eigenvalue weighted by Gasteiger charge is -2.03. The van der Waals surface area contributed by atoms with E-state index in [0.29, 0.717) is 6.61 Å². The van der Waals surface area contributed by atoms with E-state index in [1.165, 1.54) is 12.1 Å². The second-order valence-electron chi connectivity index (χ2n) is 2.79. The van der Waals surface area contributed by atoms with Crippen molar-refractivity contribution in [1.82, 2.24) is 5.48 Å². The number of amides is 1. The molecular formula is C9H9ClN2O4. The fraction of sp³-hybridized carbons (Fsp3) is 0.222. The van der Waals surface area contributed by atoms with Crippen molar-refractivity contribution in [3.8, 4) is 0 Å². The van der Waals surface area contributed by atoms with E-state index in [4.69, 9.17) is 11.6 Å². The van der Waals surface area contributed by atoms with Crippen LogP contribution in [0.5, 0.6) is 0 Å². The molecule has 0 aliphatic rings. The minimum absolute atomic E-state index is 0.0158. The molecule has 0 saturated carbocycles. The molecule has 1 rings (SSSR count). The molecule has 1 aromatic carbocycles. The first-order chi connectivity index (χ1) is 7.56. The van der Waals surface area contributed by atoms with E-state index < -0.39 is 10.8 Å². The fourth-order valence-electron chi connectivity index (χ4n) is 0.990. The van der Waals surface area contributed by atoms with E-state index in [0.717, 1.165) is 6.07 Å². The smallest absolute Gasteiger partial charge is 0.274 e. The molecule has 0 fully saturated rings. The van der Waals surface area contributed by atoms with Crippen LogP contribution in [-0.4, -0.2) is 17.4 Å². The number of halogens is 1.